The highest BCUT2D eigenvalue weighted by Gasteiger charge is 2.12. The van der Waals surface area contributed by atoms with Gasteiger partial charge < -0.3 is 15.2 Å². The van der Waals surface area contributed by atoms with Crippen molar-refractivity contribution < 1.29 is 9.47 Å². The third-order valence-corrected chi connectivity index (χ3v) is 3.91. The van der Waals surface area contributed by atoms with E-state index in [1.807, 2.05) is 48.5 Å². The fourth-order valence-corrected chi connectivity index (χ4v) is 2.71. The van der Waals surface area contributed by atoms with Crippen molar-refractivity contribution in [2.24, 2.45) is 0 Å². The van der Waals surface area contributed by atoms with E-state index in [4.69, 9.17) is 15.2 Å². The van der Waals surface area contributed by atoms with Crippen molar-refractivity contribution in [3.05, 3.63) is 66.4 Å². The molecule has 4 heteroatoms. The first kappa shape index (κ1) is 13.6. The van der Waals surface area contributed by atoms with Crippen LogP contribution in [0.5, 0.6) is 17.2 Å². The van der Waals surface area contributed by atoms with E-state index < -0.39 is 0 Å². The van der Waals surface area contributed by atoms with Gasteiger partial charge in [-0.15, -0.1) is 0 Å². The van der Waals surface area contributed by atoms with Gasteiger partial charge in [0, 0.05) is 24.2 Å². The summed E-state index contributed by atoms with van der Waals surface area (Å²) >= 11 is 0. The van der Waals surface area contributed by atoms with Gasteiger partial charge in [0.1, 0.15) is 23.1 Å². The Bertz CT molecular complexity index is 844. The lowest BCUT2D eigenvalue weighted by molar-refractivity contribution is 0.355. The van der Waals surface area contributed by atoms with Crippen LogP contribution in [0.3, 0.4) is 0 Å². The Labute approximate surface area is 134 Å². The Balaban J connectivity index is 1.56. The lowest BCUT2D eigenvalue weighted by Crippen LogP contribution is -1.93. The summed E-state index contributed by atoms with van der Waals surface area (Å²) in [5.41, 5.74) is 9.08. The third kappa shape index (κ3) is 2.71. The number of hydrogen-bond acceptors (Lipinski definition) is 4. The number of nitrogens with two attached hydrogens (primary N) is 1. The molecule has 0 fully saturated rings. The van der Waals surface area contributed by atoms with E-state index in [1.54, 1.807) is 6.20 Å². The largest absolute Gasteiger partial charge is 0.493 e. The second-order valence-electron chi connectivity index (χ2n) is 5.43. The average Bonchev–Trinajstić information content (AvgIpc) is 3.04. The van der Waals surface area contributed by atoms with E-state index in [1.165, 1.54) is 5.56 Å². The third-order valence-electron chi connectivity index (χ3n) is 3.91. The number of hydrogen-bond donors (Lipinski definition) is 1. The Morgan fingerprint density at radius 1 is 1.00 bits per heavy atom. The Hall–Kier alpha value is -3.01. The molecule has 0 radical (unpaired) electrons. The van der Waals surface area contributed by atoms with Crippen molar-refractivity contribution in [3.63, 3.8) is 0 Å². The molecule has 4 rings (SSSR count). The first-order chi connectivity index (χ1) is 11.3. The van der Waals surface area contributed by atoms with Crippen LogP contribution in [0.2, 0.25) is 0 Å². The number of ether oxygens (including phenoxy) is 2. The standard InChI is InChI=1S/C19H16N2O2/c20-19-17(2-1-10-21-19)13-3-6-15(7-4-13)23-16-8-5-14-9-11-22-18(14)12-16/h1-8,10,12H,9,11H2,(H2,20,21). The second-order valence-corrected chi connectivity index (χ2v) is 5.43. The minimum atomic E-state index is 0.525. The first-order valence-electron chi connectivity index (χ1n) is 7.54. The molecule has 3 aromatic rings. The topological polar surface area (TPSA) is 57.4 Å². The molecule has 114 valence electrons. The molecule has 0 saturated carbocycles. The maximum atomic E-state index is 5.91. The normalized spacial score (nSPS) is 12.5. The molecule has 2 heterocycles. The molecule has 2 aromatic carbocycles. The first-order valence-corrected chi connectivity index (χ1v) is 7.54. The van der Waals surface area contributed by atoms with Crippen molar-refractivity contribution in [2.75, 3.05) is 12.3 Å². The molecule has 0 saturated heterocycles. The number of fused-ring (bicyclic) bond motifs is 1. The van der Waals surface area contributed by atoms with E-state index in [0.29, 0.717) is 5.82 Å². The summed E-state index contributed by atoms with van der Waals surface area (Å²) in [6.45, 7) is 0.750. The predicted molar refractivity (Wildman–Crippen MR) is 89.8 cm³/mol. The molecule has 0 atom stereocenters. The number of pyridine rings is 1. The van der Waals surface area contributed by atoms with Crippen molar-refractivity contribution in [3.8, 4) is 28.4 Å². The van der Waals surface area contributed by atoms with E-state index >= 15 is 0 Å². The summed E-state index contributed by atoms with van der Waals surface area (Å²) in [5, 5.41) is 0. The van der Waals surface area contributed by atoms with Crippen LogP contribution in [-0.4, -0.2) is 11.6 Å². The number of aromatic nitrogens is 1. The molecule has 4 nitrogen and oxygen atoms in total. The fraction of sp³-hybridized carbons (Fsp3) is 0.105. The zero-order chi connectivity index (χ0) is 15.6. The number of nitrogen functional groups attached to an aromatic ring is 1. The van der Waals surface area contributed by atoms with E-state index in [0.717, 1.165) is 41.4 Å². The van der Waals surface area contributed by atoms with Crippen LogP contribution < -0.4 is 15.2 Å². The average molecular weight is 304 g/mol. The summed E-state index contributed by atoms with van der Waals surface area (Å²) in [6.07, 6.45) is 2.66. The lowest BCUT2D eigenvalue weighted by atomic mass is 10.1. The summed E-state index contributed by atoms with van der Waals surface area (Å²) < 4.78 is 11.5. The number of nitrogens with zero attached hydrogens (tertiary/aromatic N) is 1. The highest BCUT2D eigenvalue weighted by Crippen LogP contribution is 2.33. The number of benzene rings is 2. The van der Waals surface area contributed by atoms with Gasteiger partial charge >= 0.3 is 0 Å². The van der Waals surface area contributed by atoms with Gasteiger partial charge in [0.05, 0.1) is 6.61 Å². The van der Waals surface area contributed by atoms with Crippen molar-refractivity contribution in [1.82, 2.24) is 4.98 Å². The van der Waals surface area contributed by atoms with Gasteiger partial charge in [0.2, 0.25) is 0 Å². The van der Waals surface area contributed by atoms with Crippen LogP contribution in [0.4, 0.5) is 5.82 Å². The second kappa shape index (κ2) is 5.65. The number of anilines is 1. The SMILES string of the molecule is Nc1ncccc1-c1ccc(Oc2ccc3c(c2)OCC3)cc1. The van der Waals surface area contributed by atoms with E-state index in [-0.39, 0.29) is 0 Å². The molecule has 1 aromatic heterocycles. The molecule has 1 aliphatic heterocycles. The highest BCUT2D eigenvalue weighted by molar-refractivity contribution is 5.73. The smallest absolute Gasteiger partial charge is 0.131 e. The van der Waals surface area contributed by atoms with Gasteiger partial charge in [-0.05, 0) is 41.5 Å². The fourth-order valence-electron chi connectivity index (χ4n) is 2.71. The Kier molecular flexibility index (Phi) is 3.35. The van der Waals surface area contributed by atoms with Crippen LogP contribution in [0, 0.1) is 0 Å². The van der Waals surface area contributed by atoms with Gasteiger partial charge in [-0.1, -0.05) is 18.2 Å². The maximum Gasteiger partial charge on any atom is 0.131 e. The number of rotatable bonds is 3. The summed E-state index contributed by atoms with van der Waals surface area (Å²) in [4.78, 5) is 4.11. The minimum Gasteiger partial charge on any atom is -0.493 e. The van der Waals surface area contributed by atoms with E-state index in [9.17, 15) is 0 Å². The van der Waals surface area contributed by atoms with Crippen LogP contribution >= 0.6 is 0 Å². The van der Waals surface area contributed by atoms with Crippen LogP contribution in [0.25, 0.3) is 11.1 Å². The zero-order valence-electron chi connectivity index (χ0n) is 12.5. The molecule has 0 unspecified atom stereocenters. The quantitative estimate of drug-likeness (QED) is 0.793. The van der Waals surface area contributed by atoms with Crippen LogP contribution in [0.15, 0.2) is 60.8 Å². The van der Waals surface area contributed by atoms with Crippen molar-refractivity contribution >= 4 is 5.82 Å². The minimum absolute atomic E-state index is 0.525. The molecule has 0 aliphatic carbocycles. The Morgan fingerprint density at radius 3 is 2.65 bits per heavy atom. The maximum absolute atomic E-state index is 5.91. The molecule has 0 amide bonds. The molecule has 2 N–H and O–H groups in total. The summed E-state index contributed by atoms with van der Waals surface area (Å²) in [7, 11) is 0. The molecular weight excluding hydrogens is 288 g/mol. The van der Waals surface area contributed by atoms with Crippen LogP contribution in [-0.2, 0) is 6.42 Å². The van der Waals surface area contributed by atoms with Gasteiger partial charge in [-0.2, -0.15) is 0 Å². The van der Waals surface area contributed by atoms with Gasteiger partial charge in [0.25, 0.3) is 0 Å². The van der Waals surface area contributed by atoms with Crippen LogP contribution in [0.1, 0.15) is 5.56 Å². The van der Waals surface area contributed by atoms with Gasteiger partial charge in [-0.25, -0.2) is 4.98 Å². The monoisotopic (exact) mass is 304 g/mol. The van der Waals surface area contributed by atoms with Crippen molar-refractivity contribution in [1.29, 1.82) is 0 Å². The predicted octanol–water partition coefficient (Wildman–Crippen LogP) is 4.06. The summed E-state index contributed by atoms with van der Waals surface area (Å²) in [6, 6.07) is 17.6. The van der Waals surface area contributed by atoms with Crippen molar-refractivity contribution in [2.45, 2.75) is 6.42 Å². The molecule has 1 aliphatic rings. The van der Waals surface area contributed by atoms with Gasteiger partial charge in [-0.3, -0.25) is 0 Å². The Morgan fingerprint density at radius 2 is 1.83 bits per heavy atom. The zero-order valence-corrected chi connectivity index (χ0v) is 12.5. The molecule has 0 spiro atoms. The highest BCUT2D eigenvalue weighted by atomic mass is 16.5. The molecule has 0 bridgehead atoms. The summed E-state index contributed by atoms with van der Waals surface area (Å²) in [5.74, 6) is 2.99. The molecular formula is C19H16N2O2. The lowest BCUT2D eigenvalue weighted by Gasteiger charge is -2.09. The molecule has 23 heavy (non-hydrogen) atoms. The van der Waals surface area contributed by atoms with Gasteiger partial charge in [0.15, 0.2) is 0 Å². The van der Waals surface area contributed by atoms with E-state index in [2.05, 4.69) is 11.1 Å².